The molecule has 0 bridgehead atoms. The summed E-state index contributed by atoms with van der Waals surface area (Å²) in [6, 6.07) is 19.6. The monoisotopic (exact) mass is 481 g/mol. The van der Waals surface area contributed by atoms with Gasteiger partial charge in [0.2, 0.25) is 11.8 Å². The van der Waals surface area contributed by atoms with E-state index >= 15 is 0 Å². The van der Waals surface area contributed by atoms with Crippen molar-refractivity contribution in [3.8, 4) is 5.75 Å². The number of rotatable bonds is 9. The van der Waals surface area contributed by atoms with Crippen LogP contribution in [0.3, 0.4) is 0 Å². The molecule has 0 radical (unpaired) electrons. The van der Waals surface area contributed by atoms with Crippen LogP contribution in [-0.2, 0) is 19.6 Å². The second-order valence-corrected chi connectivity index (χ2v) is 9.42. The zero-order chi connectivity index (χ0) is 24.7. The lowest BCUT2D eigenvalue weighted by atomic mass is 10.2. The molecule has 9 heteroatoms. The first-order valence-corrected chi connectivity index (χ1v) is 12.1. The van der Waals surface area contributed by atoms with Gasteiger partial charge in [-0.05, 0) is 68.4 Å². The maximum Gasteiger partial charge on any atom is 0.264 e. The topological polar surface area (TPSA) is 105 Å². The lowest BCUT2D eigenvalue weighted by Gasteiger charge is -2.24. The minimum Gasteiger partial charge on any atom is -0.494 e. The second kappa shape index (κ2) is 10.8. The van der Waals surface area contributed by atoms with Gasteiger partial charge in [0.25, 0.3) is 10.0 Å². The third kappa shape index (κ3) is 6.35. The van der Waals surface area contributed by atoms with Gasteiger partial charge in [-0.2, -0.15) is 0 Å². The normalized spacial score (nSPS) is 10.9. The number of nitrogens with zero attached hydrogens (tertiary/aromatic N) is 1. The van der Waals surface area contributed by atoms with E-state index in [2.05, 4.69) is 10.6 Å². The van der Waals surface area contributed by atoms with E-state index in [1.807, 2.05) is 13.8 Å². The molecule has 0 heterocycles. The predicted octanol–water partition coefficient (Wildman–Crippen LogP) is 4.19. The summed E-state index contributed by atoms with van der Waals surface area (Å²) >= 11 is 0. The van der Waals surface area contributed by atoms with Crippen molar-refractivity contribution >= 4 is 38.9 Å². The van der Waals surface area contributed by atoms with Crippen LogP contribution in [0.2, 0.25) is 0 Å². The molecule has 0 aliphatic rings. The van der Waals surface area contributed by atoms with Gasteiger partial charge in [0.1, 0.15) is 12.3 Å². The van der Waals surface area contributed by atoms with Crippen molar-refractivity contribution in [2.75, 3.05) is 28.1 Å². The zero-order valence-electron chi connectivity index (χ0n) is 19.2. The number of benzene rings is 3. The number of anilines is 3. The van der Waals surface area contributed by atoms with Crippen LogP contribution in [0.1, 0.15) is 19.4 Å². The van der Waals surface area contributed by atoms with E-state index in [1.165, 1.54) is 19.1 Å². The molecule has 0 fully saturated rings. The molecular formula is C25H27N3O5S. The lowest BCUT2D eigenvalue weighted by Crippen LogP contribution is -2.38. The summed E-state index contributed by atoms with van der Waals surface area (Å²) in [6.07, 6.45) is 0. The Labute approximate surface area is 199 Å². The number of hydrogen-bond acceptors (Lipinski definition) is 5. The third-order valence-electron chi connectivity index (χ3n) is 4.80. The molecule has 0 saturated carbocycles. The van der Waals surface area contributed by atoms with Gasteiger partial charge >= 0.3 is 0 Å². The molecular weight excluding hydrogens is 454 g/mol. The molecule has 2 amide bonds. The lowest BCUT2D eigenvalue weighted by molar-refractivity contribution is -0.115. The van der Waals surface area contributed by atoms with Crippen molar-refractivity contribution in [1.29, 1.82) is 0 Å². The summed E-state index contributed by atoms with van der Waals surface area (Å²) < 4.78 is 33.5. The van der Waals surface area contributed by atoms with Crippen LogP contribution >= 0.6 is 0 Å². The van der Waals surface area contributed by atoms with E-state index in [0.717, 1.165) is 9.87 Å². The fraction of sp³-hybridized carbons (Fsp3) is 0.200. The van der Waals surface area contributed by atoms with Gasteiger partial charge < -0.3 is 15.4 Å². The molecule has 0 atom stereocenters. The van der Waals surface area contributed by atoms with E-state index in [-0.39, 0.29) is 10.8 Å². The highest BCUT2D eigenvalue weighted by Crippen LogP contribution is 2.26. The molecule has 0 saturated heterocycles. The van der Waals surface area contributed by atoms with Crippen molar-refractivity contribution in [2.45, 2.75) is 25.7 Å². The standard InChI is InChI=1S/C25H27N3O5S/c1-4-33-23-12-14-24(15-13-23)34(31,32)28(22-10-8-18(2)9-11-22)17-25(30)27-21-7-5-6-20(16-21)26-19(3)29/h5-16H,4,17H2,1-3H3,(H,26,29)(H,27,30). The van der Waals surface area contributed by atoms with Gasteiger partial charge in [-0.25, -0.2) is 8.42 Å². The van der Waals surface area contributed by atoms with Crippen LogP contribution < -0.4 is 19.7 Å². The van der Waals surface area contributed by atoms with Gasteiger partial charge in [-0.3, -0.25) is 13.9 Å². The summed E-state index contributed by atoms with van der Waals surface area (Å²) in [4.78, 5) is 24.2. The van der Waals surface area contributed by atoms with E-state index in [1.54, 1.807) is 60.7 Å². The number of aryl methyl sites for hydroxylation is 1. The summed E-state index contributed by atoms with van der Waals surface area (Å²) in [6.45, 7) is 5.14. The van der Waals surface area contributed by atoms with Gasteiger partial charge in [0.05, 0.1) is 17.2 Å². The summed E-state index contributed by atoms with van der Waals surface area (Å²) in [7, 11) is -4.05. The summed E-state index contributed by atoms with van der Waals surface area (Å²) in [5.41, 5.74) is 2.27. The summed E-state index contributed by atoms with van der Waals surface area (Å²) in [5.74, 6) is -0.217. The molecule has 0 spiro atoms. The minimum atomic E-state index is -4.05. The average Bonchev–Trinajstić information content (AvgIpc) is 2.78. The Kier molecular flexibility index (Phi) is 7.91. The maximum atomic E-state index is 13.5. The molecule has 8 nitrogen and oxygen atoms in total. The van der Waals surface area contributed by atoms with Crippen molar-refractivity contribution in [3.63, 3.8) is 0 Å². The minimum absolute atomic E-state index is 0.0389. The molecule has 0 aromatic heterocycles. The Hall–Kier alpha value is -3.85. The zero-order valence-corrected chi connectivity index (χ0v) is 20.1. The molecule has 0 aliphatic heterocycles. The Morgan fingerprint density at radius 1 is 0.912 bits per heavy atom. The molecule has 0 unspecified atom stereocenters. The number of carbonyl (C=O) groups is 2. The Bertz CT molecular complexity index is 1260. The molecule has 2 N–H and O–H groups in total. The molecule has 178 valence electrons. The smallest absolute Gasteiger partial charge is 0.264 e. The highest BCUT2D eigenvalue weighted by Gasteiger charge is 2.27. The van der Waals surface area contributed by atoms with Gasteiger partial charge in [-0.15, -0.1) is 0 Å². The SMILES string of the molecule is CCOc1ccc(S(=O)(=O)N(CC(=O)Nc2cccc(NC(C)=O)c2)c2ccc(C)cc2)cc1. The van der Waals surface area contributed by atoms with Crippen LogP contribution in [0.25, 0.3) is 0 Å². The Morgan fingerprint density at radius 2 is 1.53 bits per heavy atom. The molecule has 34 heavy (non-hydrogen) atoms. The number of amides is 2. The third-order valence-corrected chi connectivity index (χ3v) is 6.59. The fourth-order valence-electron chi connectivity index (χ4n) is 3.24. The van der Waals surface area contributed by atoms with Crippen molar-refractivity contribution in [1.82, 2.24) is 0 Å². The van der Waals surface area contributed by atoms with Crippen LogP contribution in [0.4, 0.5) is 17.1 Å². The van der Waals surface area contributed by atoms with Crippen LogP contribution in [0.15, 0.2) is 77.7 Å². The van der Waals surface area contributed by atoms with E-state index in [0.29, 0.717) is 29.4 Å². The quantitative estimate of drug-likeness (QED) is 0.477. The Morgan fingerprint density at radius 3 is 2.12 bits per heavy atom. The highest BCUT2D eigenvalue weighted by atomic mass is 32.2. The number of nitrogens with one attached hydrogen (secondary N) is 2. The van der Waals surface area contributed by atoms with Crippen molar-refractivity contribution in [3.05, 3.63) is 78.4 Å². The molecule has 3 aromatic rings. The predicted molar refractivity (Wildman–Crippen MR) is 133 cm³/mol. The van der Waals surface area contributed by atoms with Gasteiger partial charge in [0.15, 0.2) is 0 Å². The first kappa shape index (κ1) is 24.8. The van der Waals surface area contributed by atoms with Gasteiger partial charge in [0, 0.05) is 18.3 Å². The molecule has 3 aromatic carbocycles. The first-order chi connectivity index (χ1) is 16.2. The Balaban J connectivity index is 1.88. The largest absolute Gasteiger partial charge is 0.494 e. The van der Waals surface area contributed by atoms with E-state index in [9.17, 15) is 18.0 Å². The van der Waals surface area contributed by atoms with Crippen LogP contribution in [0.5, 0.6) is 5.75 Å². The number of ether oxygens (including phenoxy) is 1. The van der Waals surface area contributed by atoms with Crippen molar-refractivity contribution < 1.29 is 22.7 Å². The molecule has 0 aliphatic carbocycles. The van der Waals surface area contributed by atoms with Crippen molar-refractivity contribution in [2.24, 2.45) is 0 Å². The highest BCUT2D eigenvalue weighted by molar-refractivity contribution is 7.92. The fourth-order valence-corrected chi connectivity index (χ4v) is 4.66. The van der Waals surface area contributed by atoms with Crippen LogP contribution in [-0.4, -0.2) is 33.4 Å². The molecule has 3 rings (SSSR count). The van der Waals surface area contributed by atoms with Crippen LogP contribution in [0, 0.1) is 6.92 Å². The maximum absolute atomic E-state index is 13.5. The number of sulfonamides is 1. The number of carbonyl (C=O) groups excluding carboxylic acids is 2. The van der Waals surface area contributed by atoms with E-state index in [4.69, 9.17) is 4.74 Å². The number of hydrogen-bond donors (Lipinski definition) is 2. The second-order valence-electron chi connectivity index (χ2n) is 7.56. The summed E-state index contributed by atoms with van der Waals surface area (Å²) in [5, 5.41) is 5.34. The van der Waals surface area contributed by atoms with Gasteiger partial charge in [-0.1, -0.05) is 23.8 Å². The van der Waals surface area contributed by atoms with E-state index < -0.39 is 22.5 Å². The average molecular weight is 482 g/mol. The first-order valence-electron chi connectivity index (χ1n) is 10.7.